The zero-order valence-corrected chi connectivity index (χ0v) is 19.4. The number of hydrogen-bond donors (Lipinski definition) is 1. The molecule has 1 aliphatic carbocycles. The second-order valence-electron chi connectivity index (χ2n) is 9.05. The molecule has 2 aromatic heterocycles. The summed E-state index contributed by atoms with van der Waals surface area (Å²) in [5.41, 5.74) is -3.59. The lowest BCUT2D eigenvalue weighted by molar-refractivity contribution is -0.158. The summed E-state index contributed by atoms with van der Waals surface area (Å²) < 4.78 is 105. The Labute approximate surface area is 209 Å². The monoisotopic (exact) mass is 544 g/mol. The lowest BCUT2D eigenvalue weighted by Gasteiger charge is -2.28. The number of amides is 1. The van der Waals surface area contributed by atoms with Crippen molar-refractivity contribution in [2.45, 2.75) is 25.1 Å². The number of pyridine rings is 2. The number of fused-ring (bicyclic) bond motifs is 1. The van der Waals surface area contributed by atoms with Crippen LogP contribution >= 0.6 is 0 Å². The first-order valence-corrected chi connectivity index (χ1v) is 11.6. The average Bonchev–Trinajstić information content (AvgIpc) is 3.68. The molecule has 5 rings (SSSR count). The summed E-state index contributed by atoms with van der Waals surface area (Å²) in [6, 6.07) is -0.886. The predicted octanol–water partition coefficient (Wildman–Crippen LogP) is 3.85. The molecular formula is C24H19F7N4O3. The van der Waals surface area contributed by atoms with Crippen LogP contribution in [-0.2, 0) is 4.74 Å². The first-order valence-electron chi connectivity index (χ1n) is 11.6. The normalized spacial score (nSPS) is 17.1. The van der Waals surface area contributed by atoms with E-state index >= 15 is 4.39 Å². The van der Waals surface area contributed by atoms with E-state index in [1.165, 1.54) is 4.90 Å². The number of carbonyl (C=O) groups is 1. The highest BCUT2D eigenvalue weighted by molar-refractivity contribution is 5.97. The van der Waals surface area contributed by atoms with Crippen LogP contribution < -0.4 is 15.6 Å². The van der Waals surface area contributed by atoms with E-state index in [-0.39, 0.29) is 45.0 Å². The molecule has 3 heterocycles. The van der Waals surface area contributed by atoms with Crippen LogP contribution in [0.2, 0.25) is 0 Å². The SMILES string of the molecule is O=C(N[C@@H](C1CC1)C(F)(F)F)c1cn(-c2c(F)cc(F)cc2F)c2nc(N3CCOCC3)c(F)cc2c1=O. The van der Waals surface area contributed by atoms with Gasteiger partial charge in [-0.1, -0.05) is 0 Å². The maximum Gasteiger partial charge on any atom is 0.408 e. The largest absolute Gasteiger partial charge is 0.408 e. The maximum atomic E-state index is 15.1. The number of hydrogen-bond acceptors (Lipinski definition) is 5. The summed E-state index contributed by atoms with van der Waals surface area (Å²) >= 11 is 0. The van der Waals surface area contributed by atoms with Gasteiger partial charge in [0.05, 0.1) is 18.6 Å². The number of aromatic nitrogens is 2. The third-order valence-corrected chi connectivity index (χ3v) is 6.42. The van der Waals surface area contributed by atoms with Gasteiger partial charge in [-0.05, 0) is 24.8 Å². The van der Waals surface area contributed by atoms with E-state index in [1.807, 2.05) is 0 Å². The maximum absolute atomic E-state index is 15.1. The Balaban J connectivity index is 1.72. The van der Waals surface area contributed by atoms with Gasteiger partial charge in [-0.2, -0.15) is 13.2 Å². The lowest BCUT2D eigenvalue weighted by atomic mass is 10.1. The van der Waals surface area contributed by atoms with Crippen molar-refractivity contribution in [2.24, 2.45) is 5.92 Å². The van der Waals surface area contributed by atoms with Crippen molar-refractivity contribution < 1.29 is 40.3 Å². The number of nitrogens with zero attached hydrogens (tertiary/aromatic N) is 3. The van der Waals surface area contributed by atoms with E-state index in [2.05, 4.69) is 4.98 Å². The highest BCUT2D eigenvalue weighted by Gasteiger charge is 2.50. The van der Waals surface area contributed by atoms with Gasteiger partial charge < -0.3 is 15.0 Å². The fourth-order valence-corrected chi connectivity index (χ4v) is 4.42. The van der Waals surface area contributed by atoms with Crippen molar-refractivity contribution in [3.05, 3.63) is 63.5 Å². The van der Waals surface area contributed by atoms with Crippen LogP contribution in [0, 0.1) is 29.2 Å². The van der Waals surface area contributed by atoms with E-state index < -0.39 is 75.0 Å². The first-order chi connectivity index (χ1) is 18.0. The summed E-state index contributed by atoms with van der Waals surface area (Å²) in [5, 5.41) is 1.15. The van der Waals surface area contributed by atoms with Crippen molar-refractivity contribution in [3.8, 4) is 5.69 Å². The fourth-order valence-electron chi connectivity index (χ4n) is 4.42. The Morgan fingerprint density at radius 3 is 2.24 bits per heavy atom. The molecule has 14 heteroatoms. The van der Waals surface area contributed by atoms with Crippen molar-refractivity contribution in [2.75, 3.05) is 31.2 Å². The summed E-state index contributed by atoms with van der Waals surface area (Å²) in [6.45, 7) is 0.875. The number of carbonyl (C=O) groups excluding carboxylic acids is 1. The molecule has 1 aromatic carbocycles. The van der Waals surface area contributed by atoms with Crippen LogP contribution in [0.15, 0.2) is 29.2 Å². The van der Waals surface area contributed by atoms with Gasteiger partial charge in [-0.15, -0.1) is 0 Å². The Hall–Kier alpha value is -3.68. The topological polar surface area (TPSA) is 76.5 Å². The molecule has 202 valence electrons. The van der Waals surface area contributed by atoms with Gasteiger partial charge in [-0.25, -0.2) is 22.5 Å². The number of rotatable bonds is 5. The number of benzene rings is 1. The second-order valence-corrected chi connectivity index (χ2v) is 9.05. The molecule has 3 aromatic rings. The van der Waals surface area contributed by atoms with E-state index in [0.29, 0.717) is 29.0 Å². The molecule has 0 bridgehead atoms. The van der Waals surface area contributed by atoms with E-state index in [0.717, 1.165) is 0 Å². The number of nitrogens with one attached hydrogen (secondary N) is 1. The summed E-state index contributed by atoms with van der Waals surface area (Å²) in [7, 11) is 0. The minimum atomic E-state index is -4.82. The minimum Gasteiger partial charge on any atom is -0.378 e. The van der Waals surface area contributed by atoms with E-state index in [9.17, 15) is 35.9 Å². The molecule has 1 N–H and O–H groups in total. The van der Waals surface area contributed by atoms with Crippen molar-refractivity contribution >= 4 is 22.8 Å². The fraction of sp³-hybridized carbons (Fsp3) is 0.375. The number of alkyl halides is 3. The van der Waals surface area contributed by atoms with Gasteiger partial charge in [-0.3, -0.25) is 14.2 Å². The second kappa shape index (κ2) is 9.57. The standard InChI is InChI=1S/C24H19F7N4O3/c25-12-7-15(26)18(16(27)8-12)35-10-14(23(37)32-20(11-1-2-11)24(29,30)31)19(36)13-9-17(28)22(33-21(13)35)34-3-5-38-6-4-34/h7-11,20H,1-6H2,(H,32,37)/t20-/m0/s1. The molecule has 0 spiro atoms. The molecule has 7 nitrogen and oxygen atoms in total. The Morgan fingerprint density at radius 1 is 1.03 bits per heavy atom. The highest BCUT2D eigenvalue weighted by atomic mass is 19.4. The van der Waals surface area contributed by atoms with Crippen molar-refractivity contribution in [3.63, 3.8) is 0 Å². The van der Waals surface area contributed by atoms with Crippen LogP contribution in [0.3, 0.4) is 0 Å². The Kier molecular flexibility index (Phi) is 6.53. The molecule has 1 saturated carbocycles. The molecule has 0 unspecified atom stereocenters. The summed E-state index contributed by atoms with van der Waals surface area (Å²) in [5.74, 6) is -7.82. The van der Waals surface area contributed by atoms with Crippen LogP contribution in [0.25, 0.3) is 16.7 Å². The van der Waals surface area contributed by atoms with Crippen LogP contribution in [0.4, 0.5) is 36.6 Å². The van der Waals surface area contributed by atoms with Gasteiger partial charge >= 0.3 is 6.18 Å². The molecule has 1 atom stereocenters. The minimum absolute atomic E-state index is 0.206. The third-order valence-electron chi connectivity index (χ3n) is 6.42. The van der Waals surface area contributed by atoms with Crippen molar-refractivity contribution in [1.29, 1.82) is 0 Å². The van der Waals surface area contributed by atoms with Crippen LogP contribution in [-0.4, -0.2) is 54.0 Å². The summed E-state index contributed by atoms with van der Waals surface area (Å²) in [4.78, 5) is 31.7. The number of morpholine rings is 1. The third kappa shape index (κ3) is 4.79. The zero-order chi connectivity index (χ0) is 27.4. The zero-order valence-electron chi connectivity index (χ0n) is 19.4. The molecule has 1 aliphatic heterocycles. The van der Waals surface area contributed by atoms with Gasteiger partial charge in [0.2, 0.25) is 5.43 Å². The van der Waals surface area contributed by atoms with Gasteiger partial charge in [0.1, 0.15) is 23.1 Å². The van der Waals surface area contributed by atoms with Crippen LogP contribution in [0.1, 0.15) is 23.2 Å². The quantitative estimate of drug-likeness (QED) is 0.494. The molecule has 1 saturated heterocycles. The number of ether oxygens (including phenoxy) is 1. The molecular weight excluding hydrogens is 525 g/mol. The molecule has 1 amide bonds. The summed E-state index contributed by atoms with van der Waals surface area (Å²) in [6.07, 6.45) is -3.79. The van der Waals surface area contributed by atoms with E-state index in [1.54, 1.807) is 5.32 Å². The number of anilines is 1. The Morgan fingerprint density at radius 2 is 1.66 bits per heavy atom. The molecule has 2 fully saturated rings. The molecule has 0 radical (unpaired) electrons. The van der Waals surface area contributed by atoms with Gasteiger partial charge in [0.15, 0.2) is 28.9 Å². The Bertz CT molecular complexity index is 1460. The predicted molar refractivity (Wildman–Crippen MR) is 120 cm³/mol. The molecule has 38 heavy (non-hydrogen) atoms. The van der Waals surface area contributed by atoms with Crippen molar-refractivity contribution in [1.82, 2.24) is 14.9 Å². The lowest BCUT2D eigenvalue weighted by Crippen LogP contribution is -2.48. The van der Waals surface area contributed by atoms with Gasteiger partial charge in [0, 0.05) is 31.4 Å². The number of halogens is 7. The molecule has 2 aliphatic rings. The smallest absolute Gasteiger partial charge is 0.378 e. The van der Waals surface area contributed by atoms with Gasteiger partial charge in [0.25, 0.3) is 5.91 Å². The van der Waals surface area contributed by atoms with E-state index in [4.69, 9.17) is 4.74 Å². The highest BCUT2D eigenvalue weighted by Crippen LogP contribution is 2.40. The first kappa shape index (κ1) is 25.9. The van der Waals surface area contributed by atoms with Crippen LogP contribution in [0.5, 0.6) is 0 Å². The average molecular weight is 544 g/mol.